The molecule has 1 atom stereocenters. The van der Waals surface area contributed by atoms with Gasteiger partial charge in [-0.1, -0.05) is 25.6 Å². The monoisotopic (exact) mass is 215 g/mol. The van der Waals surface area contributed by atoms with Gasteiger partial charge >= 0.3 is 5.97 Å². The zero-order valence-corrected chi connectivity index (χ0v) is 8.97. The molecule has 0 spiro atoms. The van der Waals surface area contributed by atoms with E-state index in [-0.39, 0.29) is 0 Å². The minimum absolute atomic E-state index is 0.462. The molecule has 78 valence electrons. The summed E-state index contributed by atoms with van der Waals surface area (Å²) in [6, 6.07) is 0. The number of hydrogen-bond acceptors (Lipinski definition) is 4. The summed E-state index contributed by atoms with van der Waals surface area (Å²) in [6.07, 6.45) is 1.34. The summed E-state index contributed by atoms with van der Waals surface area (Å²) in [5.74, 6) is -0.0342. The first-order valence-corrected chi connectivity index (χ1v) is 5.36. The summed E-state index contributed by atoms with van der Waals surface area (Å²) in [6.45, 7) is 3.79. The lowest BCUT2D eigenvalue weighted by atomic mass is 10.3. The minimum atomic E-state index is -0.819. The number of aryl methyl sites for hydroxylation is 1. The third-order valence-electron chi connectivity index (χ3n) is 1.74. The summed E-state index contributed by atoms with van der Waals surface area (Å²) in [7, 11) is 0. The van der Waals surface area contributed by atoms with Crippen LogP contribution in [-0.4, -0.2) is 31.5 Å². The van der Waals surface area contributed by atoms with Gasteiger partial charge in [0.05, 0.1) is 0 Å². The highest BCUT2D eigenvalue weighted by atomic mass is 32.2. The molecule has 14 heavy (non-hydrogen) atoms. The second kappa shape index (κ2) is 4.99. The molecule has 1 rings (SSSR count). The van der Waals surface area contributed by atoms with E-state index in [0.717, 1.165) is 12.2 Å². The number of aromatic amines is 1. The van der Waals surface area contributed by atoms with Crippen molar-refractivity contribution in [2.24, 2.45) is 0 Å². The van der Waals surface area contributed by atoms with Gasteiger partial charge in [-0.05, 0) is 6.42 Å². The zero-order valence-electron chi connectivity index (χ0n) is 8.15. The molecule has 0 aliphatic rings. The fourth-order valence-corrected chi connectivity index (χ4v) is 1.71. The highest BCUT2D eigenvalue weighted by molar-refractivity contribution is 8.00. The lowest BCUT2D eigenvalue weighted by molar-refractivity contribution is -0.136. The van der Waals surface area contributed by atoms with Crippen molar-refractivity contribution in [3.05, 3.63) is 5.82 Å². The van der Waals surface area contributed by atoms with Crippen molar-refractivity contribution in [2.75, 3.05) is 0 Å². The number of aliphatic carboxylic acids is 1. The van der Waals surface area contributed by atoms with E-state index < -0.39 is 11.2 Å². The van der Waals surface area contributed by atoms with E-state index in [2.05, 4.69) is 15.2 Å². The molecule has 0 amide bonds. The Bertz CT molecular complexity index is 313. The molecule has 2 N–H and O–H groups in total. The maximum absolute atomic E-state index is 10.7. The average Bonchev–Trinajstić information content (AvgIpc) is 2.61. The number of rotatable bonds is 5. The quantitative estimate of drug-likeness (QED) is 0.724. The Morgan fingerprint density at radius 2 is 2.36 bits per heavy atom. The maximum Gasteiger partial charge on any atom is 0.317 e. The number of nitrogens with one attached hydrogen (secondary N) is 1. The van der Waals surface area contributed by atoms with Gasteiger partial charge < -0.3 is 5.11 Å². The van der Waals surface area contributed by atoms with E-state index in [1.54, 1.807) is 0 Å². The first kappa shape index (κ1) is 11.0. The number of hydrogen-bond donors (Lipinski definition) is 2. The van der Waals surface area contributed by atoms with Gasteiger partial charge in [0.25, 0.3) is 0 Å². The number of aromatic nitrogens is 3. The molecule has 1 aromatic rings. The Balaban J connectivity index is 2.62. The van der Waals surface area contributed by atoms with Crippen molar-refractivity contribution in [1.29, 1.82) is 0 Å². The van der Waals surface area contributed by atoms with Crippen molar-refractivity contribution in [3.63, 3.8) is 0 Å². The Labute approximate surface area is 86.3 Å². The minimum Gasteiger partial charge on any atom is -0.480 e. The van der Waals surface area contributed by atoms with Crippen LogP contribution in [-0.2, 0) is 11.2 Å². The van der Waals surface area contributed by atoms with Crippen LogP contribution < -0.4 is 0 Å². The first-order valence-electron chi connectivity index (χ1n) is 4.48. The molecule has 0 radical (unpaired) electrons. The van der Waals surface area contributed by atoms with Crippen LogP contribution in [0.1, 0.15) is 26.1 Å². The van der Waals surface area contributed by atoms with Crippen LogP contribution in [0.15, 0.2) is 5.16 Å². The SMILES string of the molecule is CCc1nc(S[C@H](CC)C(=O)O)n[nH]1. The number of carboxylic acids is 1. The number of nitrogens with zero attached hydrogens (tertiary/aromatic N) is 2. The average molecular weight is 215 g/mol. The van der Waals surface area contributed by atoms with Crippen molar-refractivity contribution in [2.45, 2.75) is 37.1 Å². The molecule has 0 saturated heterocycles. The third-order valence-corrected chi connectivity index (χ3v) is 2.95. The van der Waals surface area contributed by atoms with Crippen LogP contribution in [0.3, 0.4) is 0 Å². The number of H-pyrrole nitrogens is 1. The second-order valence-corrected chi connectivity index (χ2v) is 3.94. The van der Waals surface area contributed by atoms with Gasteiger partial charge in [0.1, 0.15) is 11.1 Å². The largest absolute Gasteiger partial charge is 0.480 e. The van der Waals surface area contributed by atoms with E-state index in [0.29, 0.717) is 11.6 Å². The number of carbonyl (C=O) groups is 1. The molecule has 0 bridgehead atoms. The lowest BCUT2D eigenvalue weighted by Crippen LogP contribution is -2.14. The van der Waals surface area contributed by atoms with Gasteiger partial charge in [-0.3, -0.25) is 9.89 Å². The van der Waals surface area contributed by atoms with Crippen LogP contribution in [0.4, 0.5) is 0 Å². The zero-order chi connectivity index (χ0) is 10.6. The molecule has 0 fully saturated rings. The third kappa shape index (κ3) is 2.73. The van der Waals surface area contributed by atoms with E-state index in [9.17, 15) is 4.79 Å². The van der Waals surface area contributed by atoms with Crippen molar-refractivity contribution in [1.82, 2.24) is 15.2 Å². The highest BCUT2D eigenvalue weighted by Crippen LogP contribution is 2.21. The van der Waals surface area contributed by atoms with E-state index in [4.69, 9.17) is 5.11 Å². The molecular formula is C8H13N3O2S. The summed E-state index contributed by atoms with van der Waals surface area (Å²) in [5, 5.41) is 15.5. The Morgan fingerprint density at radius 3 is 2.79 bits per heavy atom. The van der Waals surface area contributed by atoms with Crippen LogP contribution in [0, 0.1) is 0 Å². The van der Waals surface area contributed by atoms with Gasteiger partial charge in [0.15, 0.2) is 0 Å². The van der Waals surface area contributed by atoms with Crippen LogP contribution >= 0.6 is 11.8 Å². The summed E-state index contributed by atoms with van der Waals surface area (Å²) < 4.78 is 0. The molecule has 6 heteroatoms. The summed E-state index contributed by atoms with van der Waals surface area (Å²) in [4.78, 5) is 14.9. The van der Waals surface area contributed by atoms with Crippen molar-refractivity contribution >= 4 is 17.7 Å². The molecule has 0 aromatic carbocycles. The van der Waals surface area contributed by atoms with Gasteiger partial charge in [-0.2, -0.15) is 0 Å². The van der Waals surface area contributed by atoms with Gasteiger partial charge in [-0.15, -0.1) is 5.10 Å². The molecule has 0 aliphatic carbocycles. The lowest BCUT2D eigenvalue weighted by Gasteiger charge is -2.04. The Hall–Kier alpha value is -1.04. The fraction of sp³-hybridized carbons (Fsp3) is 0.625. The summed E-state index contributed by atoms with van der Waals surface area (Å²) >= 11 is 1.18. The normalized spacial score (nSPS) is 12.7. The first-order chi connectivity index (χ1) is 6.67. The van der Waals surface area contributed by atoms with Crippen molar-refractivity contribution in [3.8, 4) is 0 Å². The molecule has 1 aromatic heterocycles. The number of thioether (sulfide) groups is 1. The van der Waals surface area contributed by atoms with Gasteiger partial charge in [0, 0.05) is 6.42 Å². The maximum atomic E-state index is 10.7. The predicted octanol–water partition coefficient (Wildman–Crippen LogP) is 1.32. The number of carboxylic acid groups (broad SMARTS) is 1. The molecular weight excluding hydrogens is 202 g/mol. The van der Waals surface area contributed by atoms with E-state index in [1.165, 1.54) is 11.8 Å². The Kier molecular flexibility index (Phi) is 3.94. The molecule has 0 unspecified atom stereocenters. The predicted molar refractivity (Wildman–Crippen MR) is 53.3 cm³/mol. The van der Waals surface area contributed by atoms with E-state index in [1.807, 2.05) is 13.8 Å². The van der Waals surface area contributed by atoms with Gasteiger partial charge in [-0.25, -0.2) is 4.98 Å². The molecule has 5 nitrogen and oxygen atoms in total. The van der Waals surface area contributed by atoms with Crippen LogP contribution in [0.5, 0.6) is 0 Å². The van der Waals surface area contributed by atoms with Crippen LogP contribution in [0.2, 0.25) is 0 Å². The van der Waals surface area contributed by atoms with Gasteiger partial charge in [0.2, 0.25) is 5.16 Å². The summed E-state index contributed by atoms with van der Waals surface area (Å²) in [5.41, 5.74) is 0. The standard InChI is InChI=1S/C8H13N3O2S/c1-3-5(7(12)13)14-8-9-6(4-2)10-11-8/h5H,3-4H2,1-2H3,(H,12,13)(H,9,10,11)/t5-/m1/s1. The second-order valence-electron chi connectivity index (χ2n) is 2.77. The van der Waals surface area contributed by atoms with E-state index >= 15 is 0 Å². The smallest absolute Gasteiger partial charge is 0.317 e. The fourth-order valence-electron chi connectivity index (χ4n) is 0.924. The topological polar surface area (TPSA) is 78.9 Å². The Morgan fingerprint density at radius 1 is 1.64 bits per heavy atom. The van der Waals surface area contributed by atoms with Crippen molar-refractivity contribution < 1.29 is 9.90 Å². The van der Waals surface area contributed by atoms with Crippen LogP contribution in [0.25, 0.3) is 0 Å². The molecule has 0 aliphatic heterocycles. The highest BCUT2D eigenvalue weighted by Gasteiger charge is 2.18. The molecule has 1 heterocycles. The molecule has 0 saturated carbocycles.